The van der Waals surface area contributed by atoms with Crippen molar-refractivity contribution in [1.29, 1.82) is 0 Å². The summed E-state index contributed by atoms with van der Waals surface area (Å²) in [7, 11) is 0. The molecule has 0 aliphatic heterocycles. The molecule has 0 aliphatic rings. The van der Waals surface area contributed by atoms with E-state index in [-0.39, 0.29) is 11.3 Å². The van der Waals surface area contributed by atoms with Crippen LogP contribution in [0.3, 0.4) is 0 Å². The number of ketones is 1. The fourth-order valence-electron chi connectivity index (χ4n) is 2.07. The number of carboxylic acids is 1. The molecule has 102 valence electrons. The van der Waals surface area contributed by atoms with Crippen molar-refractivity contribution < 1.29 is 19.6 Å². The Labute approximate surface area is 110 Å². The van der Waals surface area contributed by atoms with Gasteiger partial charge in [-0.3, -0.25) is 14.9 Å². The third kappa shape index (κ3) is 2.62. The summed E-state index contributed by atoms with van der Waals surface area (Å²) in [6, 6.07) is 0. The molecule has 1 N–H and O–H groups in total. The van der Waals surface area contributed by atoms with Gasteiger partial charge < -0.3 is 5.11 Å². The van der Waals surface area contributed by atoms with Crippen LogP contribution in [0.25, 0.3) is 0 Å². The van der Waals surface area contributed by atoms with E-state index in [0.29, 0.717) is 11.1 Å². The van der Waals surface area contributed by atoms with Gasteiger partial charge in [-0.2, -0.15) is 0 Å². The molecule has 0 bridgehead atoms. The monoisotopic (exact) mass is 265 g/mol. The molecule has 6 nitrogen and oxygen atoms in total. The van der Waals surface area contributed by atoms with Gasteiger partial charge in [0.1, 0.15) is 0 Å². The number of rotatable bonds is 4. The Kier molecular flexibility index (Phi) is 4.04. The first kappa shape index (κ1) is 14.8. The highest BCUT2D eigenvalue weighted by Crippen LogP contribution is 2.32. The van der Waals surface area contributed by atoms with E-state index < -0.39 is 23.1 Å². The highest BCUT2D eigenvalue weighted by atomic mass is 16.6. The van der Waals surface area contributed by atoms with Gasteiger partial charge >= 0.3 is 5.97 Å². The average Bonchev–Trinajstić information content (AvgIpc) is 2.32. The zero-order valence-corrected chi connectivity index (χ0v) is 11.2. The summed E-state index contributed by atoms with van der Waals surface area (Å²) in [6.07, 6.45) is -0.459. The van der Waals surface area contributed by atoms with E-state index in [0.717, 1.165) is 11.1 Å². The lowest BCUT2D eigenvalue weighted by Gasteiger charge is -2.14. The maximum atomic E-state index is 11.3. The van der Waals surface area contributed by atoms with Crippen molar-refractivity contribution in [2.24, 2.45) is 0 Å². The SMILES string of the molecule is Cc1c(C)c(C)c([N+](=O)[O-])c(CC(=O)C(=O)O)c1C. The Bertz CT molecular complexity index is 589. The van der Waals surface area contributed by atoms with E-state index in [2.05, 4.69) is 0 Å². The standard InChI is InChI=1S/C13H15NO5/c1-6-7(2)9(4)12(14(18)19)10(8(6)3)5-11(15)13(16)17/h5H2,1-4H3,(H,16,17). The van der Waals surface area contributed by atoms with Gasteiger partial charge in [-0.1, -0.05) is 0 Å². The number of nitro benzene ring substituents is 1. The number of hydrogen-bond donors (Lipinski definition) is 1. The van der Waals surface area contributed by atoms with Crippen LogP contribution < -0.4 is 0 Å². The molecule has 1 aromatic rings. The number of aliphatic carboxylic acids is 1. The number of carbonyl (C=O) groups is 2. The summed E-state index contributed by atoms with van der Waals surface area (Å²) in [5.74, 6) is -2.63. The third-order valence-corrected chi connectivity index (χ3v) is 3.54. The number of hydrogen-bond acceptors (Lipinski definition) is 4. The number of Topliss-reactive ketones (excluding diaryl/α,β-unsaturated/α-hetero) is 1. The molecular weight excluding hydrogens is 250 g/mol. The predicted octanol–water partition coefficient (Wildman–Crippen LogP) is 2.02. The van der Waals surface area contributed by atoms with Gasteiger partial charge in [0.25, 0.3) is 5.69 Å². The van der Waals surface area contributed by atoms with E-state index in [1.54, 1.807) is 27.7 Å². The van der Waals surface area contributed by atoms with Crippen LogP contribution in [0.2, 0.25) is 0 Å². The zero-order valence-electron chi connectivity index (χ0n) is 11.2. The highest BCUT2D eigenvalue weighted by Gasteiger charge is 2.26. The smallest absolute Gasteiger partial charge is 0.372 e. The minimum Gasteiger partial charge on any atom is -0.475 e. The van der Waals surface area contributed by atoms with Crippen LogP contribution in [0.15, 0.2) is 0 Å². The van der Waals surface area contributed by atoms with Gasteiger partial charge in [0.15, 0.2) is 0 Å². The molecule has 0 atom stereocenters. The lowest BCUT2D eigenvalue weighted by Crippen LogP contribution is -2.17. The average molecular weight is 265 g/mol. The van der Waals surface area contributed by atoms with Gasteiger partial charge in [-0.05, 0) is 44.4 Å². The molecule has 1 rings (SSSR count). The van der Waals surface area contributed by atoms with Crippen LogP contribution >= 0.6 is 0 Å². The molecule has 0 fully saturated rings. The Morgan fingerprint density at radius 1 is 1.05 bits per heavy atom. The van der Waals surface area contributed by atoms with E-state index >= 15 is 0 Å². The topological polar surface area (TPSA) is 97.5 Å². The molecular formula is C13H15NO5. The predicted molar refractivity (Wildman–Crippen MR) is 68.4 cm³/mol. The van der Waals surface area contributed by atoms with Crippen LogP contribution in [0.4, 0.5) is 5.69 Å². The van der Waals surface area contributed by atoms with E-state index in [1.165, 1.54) is 0 Å². The van der Waals surface area contributed by atoms with Crippen molar-refractivity contribution in [3.8, 4) is 0 Å². The number of nitrogens with zero attached hydrogens (tertiary/aromatic N) is 1. The quantitative estimate of drug-likeness (QED) is 0.510. The largest absolute Gasteiger partial charge is 0.475 e. The molecule has 0 amide bonds. The maximum Gasteiger partial charge on any atom is 0.372 e. The summed E-state index contributed by atoms with van der Waals surface area (Å²) in [4.78, 5) is 32.5. The van der Waals surface area contributed by atoms with Crippen LogP contribution in [-0.2, 0) is 16.0 Å². The van der Waals surface area contributed by atoms with Gasteiger partial charge in [0.05, 0.1) is 11.3 Å². The highest BCUT2D eigenvalue weighted by molar-refractivity contribution is 6.33. The molecule has 0 heterocycles. The second kappa shape index (κ2) is 5.17. The van der Waals surface area contributed by atoms with Crippen LogP contribution in [0.5, 0.6) is 0 Å². The molecule has 0 spiro atoms. The van der Waals surface area contributed by atoms with Gasteiger partial charge in [0, 0.05) is 11.1 Å². The molecule has 19 heavy (non-hydrogen) atoms. The Balaban J connectivity index is 3.57. The van der Waals surface area contributed by atoms with Crippen LogP contribution in [0.1, 0.15) is 27.8 Å². The van der Waals surface area contributed by atoms with E-state index in [4.69, 9.17) is 5.11 Å². The summed E-state index contributed by atoms with van der Waals surface area (Å²) in [5, 5.41) is 19.8. The number of carboxylic acid groups (broad SMARTS) is 1. The first-order chi connectivity index (χ1) is 8.68. The molecule has 6 heteroatoms. The van der Waals surface area contributed by atoms with Gasteiger partial charge in [-0.15, -0.1) is 0 Å². The lowest BCUT2D eigenvalue weighted by atomic mass is 9.90. The van der Waals surface area contributed by atoms with Crippen molar-refractivity contribution in [3.63, 3.8) is 0 Å². The molecule has 0 unspecified atom stereocenters. The van der Waals surface area contributed by atoms with Crippen molar-refractivity contribution in [2.45, 2.75) is 34.1 Å². The number of benzene rings is 1. The fraction of sp³-hybridized carbons (Fsp3) is 0.385. The lowest BCUT2D eigenvalue weighted by molar-refractivity contribution is -0.386. The minimum atomic E-state index is -1.58. The first-order valence-electron chi connectivity index (χ1n) is 5.68. The summed E-state index contributed by atoms with van der Waals surface area (Å²) < 4.78 is 0. The minimum absolute atomic E-state index is 0.157. The normalized spacial score (nSPS) is 10.3. The van der Waals surface area contributed by atoms with Crippen molar-refractivity contribution >= 4 is 17.4 Å². The van der Waals surface area contributed by atoms with Gasteiger partial charge in [-0.25, -0.2) is 4.79 Å². The zero-order chi connectivity index (χ0) is 14.9. The first-order valence-corrected chi connectivity index (χ1v) is 5.68. The maximum absolute atomic E-state index is 11.3. The summed E-state index contributed by atoms with van der Waals surface area (Å²) >= 11 is 0. The summed E-state index contributed by atoms with van der Waals surface area (Å²) in [6.45, 7) is 6.84. The number of nitro groups is 1. The molecule has 1 aromatic carbocycles. The van der Waals surface area contributed by atoms with Crippen LogP contribution in [0, 0.1) is 37.8 Å². The second-order valence-corrected chi connectivity index (χ2v) is 4.49. The van der Waals surface area contributed by atoms with E-state index in [1.807, 2.05) is 0 Å². The van der Waals surface area contributed by atoms with Crippen molar-refractivity contribution in [2.75, 3.05) is 0 Å². The fourth-order valence-corrected chi connectivity index (χ4v) is 2.07. The number of carbonyl (C=O) groups excluding carboxylic acids is 1. The van der Waals surface area contributed by atoms with Crippen molar-refractivity contribution in [1.82, 2.24) is 0 Å². The molecule has 0 aromatic heterocycles. The van der Waals surface area contributed by atoms with Crippen molar-refractivity contribution in [3.05, 3.63) is 37.9 Å². The summed E-state index contributed by atoms with van der Waals surface area (Å²) in [5.41, 5.74) is 2.74. The Morgan fingerprint density at radius 2 is 1.53 bits per heavy atom. The molecule has 0 saturated heterocycles. The Morgan fingerprint density at radius 3 is 1.95 bits per heavy atom. The van der Waals surface area contributed by atoms with E-state index in [9.17, 15) is 19.7 Å². The molecule has 0 aliphatic carbocycles. The third-order valence-electron chi connectivity index (χ3n) is 3.54. The van der Waals surface area contributed by atoms with Crippen LogP contribution in [-0.4, -0.2) is 21.8 Å². The van der Waals surface area contributed by atoms with Gasteiger partial charge in [0.2, 0.25) is 5.78 Å². The molecule has 0 radical (unpaired) electrons. The second-order valence-electron chi connectivity index (χ2n) is 4.49. The molecule has 0 saturated carbocycles. The Hall–Kier alpha value is -2.24.